The average Bonchev–Trinajstić information content (AvgIpc) is 2.54. The highest BCUT2D eigenvalue weighted by Crippen LogP contribution is 2.10. The van der Waals surface area contributed by atoms with Gasteiger partial charge in [-0.05, 0) is 40.2 Å². The van der Waals surface area contributed by atoms with Gasteiger partial charge < -0.3 is 15.4 Å². The first-order valence-electron chi connectivity index (χ1n) is 6.49. The lowest BCUT2D eigenvalue weighted by Crippen LogP contribution is -2.35. The van der Waals surface area contributed by atoms with Crippen molar-refractivity contribution in [2.45, 2.75) is 0 Å². The van der Waals surface area contributed by atoms with E-state index < -0.39 is 0 Å². The van der Waals surface area contributed by atoms with Gasteiger partial charge in [0, 0.05) is 10.7 Å². The summed E-state index contributed by atoms with van der Waals surface area (Å²) in [4.78, 5) is 27.2. The minimum absolute atomic E-state index is 0.144. The zero-order chi connectivity index (χ0) is 15.8. The van der Waals surface area contributed by atoms with Crippen molar-refractivity contribution in [2.75, 3.05) is 18.5 Å². The predicted molar refractivity (Wildman–Crippen MR) is 85.5 cm³/mol. The molecule has 1 aromatic carbocycles. The third kappa shape index (κ3) is 5.53. The van der Waals surface area contributed by atoms with Crippen molar-refractivity contribution >= 4 is 33.6 Å². The number of ether oxygens (including phenoxy) is 1. The number of halogens is 1. The van der Waals surface area contributed by atoms with E-state index in [1.54, 1.807) is 30.5 Å². The summed E-state index contributed by atoms with van der Waals surface area (Å²) < 4.78 is 6.09. The molecule has 7 heteroatoms. The van der Waals surface area contributed by atoms with Crippen LogP contribution in [0.2, 0.25) is 0 Å². The van der Waals surface area contributed by atoms with Crippen LogP contribution in [0.1, 0.15) is 0 Å². The summed E-state index contributed by atoms with van der Waals surface area (Å²) in [6.45, 7) is -0.289. The summed E-state index contributed by atoms with van der Waals surface area (Å²) in [6.07, 6.45) is 1.57. The Morgan fingerprint density at radius 2 is 1.86 bits per heavy atom. The zero-order valence-corrected chi connectivity index (χ0v) is 13.2. The van der Waals surface area contributed by atoms with Crippen molar-refractivity contribution in [3.8, 4) is 5.75 Å². The first-order chi connectivity index (χ1) is 10.6. The Hall–Kier alpha value is -2.41. The first-order valence-corrected chi connectivity index (χ1v) is 7.29. The van der Waals surface area contributed by atoms with Crippen LogP contribution in [0, 0.1) is 0 Å². The number of hydrogen-bond acceptors (Lipinski definition) is 4. The molecule has 2 aromatic rings. The molecule has 0 fully saturated rings. The number of carbonyl (C=O) groups excluding carboxylic acids is 2. The predicted octanol–water partition coefficient (Wildman–Crippen LogP) is 1.98. The van der Waals surface area contributed by atoms with Crippen LogP contribution in [0.25, 0.3) is 0 Å². The van der Waals surface area contributed by atoms with Crippen LogP contribution in [0.15, 0.2) is 53.1 Å². The SMILES string of the molecule is O=C(COc1ccccc1)NCC(=O)Nc1ccc(Br)cn1. The number of amides is 2. The molecule has 0 bridgehead atoms. The fourth-order valence-corrected chi connectivity index (χ4v) is 1.77. The highest BCUT2D eigenvalue weighted by Gasteiger charge is 2.07. The normalized spacial score (nSPS) is 9.86. The molecule has 0 unspecified atom stereocenters. The zero-order valence-electron chi connectivity index (χ0n) is 11.6. The van der Waals surface area contributed by atoms with Crippen LogP contribution < -0.4 is 15.4 Å². The summed E-state index contributed by atoms with van der Waals surface area (Å²) in [5.41, 5.74) is 0. The van der Waals surface area contributed by atoms with E-state index in [-0.39, 0.29) is 25.0 Å². The highest BCUT2D eigenvalue weighted by atomic mass is 79.9. The Bertz CT molecular complexity index is 632. The fraction of sp³-hybridized carbons (Fsp3) is 0.133. The van der Waals surface area contributed by atoms with Crippen molar-refractivity contribution in [1.82, 2.24) is 10.3 Å². The quantitative estimate of drug-likeness (QED) is 0.822. The number of carbonyl (C=O) groups is 2. The van der Waals surface area contributed by atoms with Gasteiger partial charge in [0.2, 0.25) is 5.91 Å². The Labute approximate surface area is 136 Å². The second-order valence-corrected chi connectivity index (χ2v) is 5.20. The smallest absolute Gasteiger partial charge is 0.258 e. The van der Waals surface area contributed by atoms with E-state index >= 15 is 0 Å². The van der Waals surface area contributed by atoms with Gasteiger partial charge in [0.1, 0.15) is 11.6 Å². The Morgan fingerprint density at radius 3 is 2.55 bits per heavy atom. The second-order valence-electron chi connectivity index (χ2n) is 4.29. The van der Waals surface area contributed by atoms with Crippen LogP contribution in [0.5, 0.6) is 5.75 Å². The number of anilines is 1. The molecular weight excluding hydrogens is 350 g/mol. The van der Waals surface area contributed by atoms with Crippen molar-refractivity contribution in [3.63, 3.8) is 0 Å². The van der Waals surface area contributed by atoms with Gasteiger partial charge in [-0.3, -0.25) is 9.59 Å². The second kappa shape index (κ2) is 8.14. The lowest BCUT2D eigenvalue weighted by molar-refractivity contribution is -0.125. The maximum absolute atomic E-state index is 11.7. The van der Waals surface area contributed by atoms with Gasteiger partial charge in [-0.2, -0.15) is 0 Å². The minimum Gasteiger partial charge on any atom is -0.484 e. The molecule has 0 aliphatic carbocycles. The largest absolute Gasteiger partial charge is 0.484 e. The number of para-hydroxylation sites is 1. The van der Waals surface area contributed by atoms with Gasteiger partial charge in [-0.25, -0.2) is 4.98 Å². The minimum atomic E-state index is -0.372. The molecule has 2 N–H and O–H groups in total. The van der Waals surface area contributed by atoms with E-state index in [1.807, 2.05) is 18.2 Å². The van der Waals surface area contributed by atoms with Crippen molar-refractivity contribution < 1.29 is 14.3 Å². The summed E-state index contributed by atoms with van der Waals surface area (Å²) in [5, 5.41) is 5.04. The third-order valence-corrected chi connectivity index (χ3v) is 3.02. The van der Waals surface area contributed by atoms with Gasteiger partial charge in [0.05, 0.1) is 6.54 Å². The topological polar surface area (TPSA) is 80.3 Å². The molecule has 114 valence electrons. The number of hydrogen-bond donors (Lipinski definition) is 2. The molecule has 2 amide bonds. The molecule has 6 nitrogen and oxygen atoms in total. The van der Waals surface area contributed by atoms with Crippen LogP contribution in [-0.2, 0) is 9.59 Å². The summed E-state index contributed by atoms with van der Waals surface area (Å²) in [7, 11) is 0. The lowest BCUT2D eigenvalue weighted by atomic mass is 10.3. The number of pyridine rings is 1. The van der Waals surface area contributed by atoms with E-state index in [0.717, 1.165) is 4.47 Å². The number of nitrogens with one attached hydrogen (secondary N) is 2. The molecule has 0 aliphatic heterocycles. The maximum atomic E-state index is 11.7. The molecule has 0 spiro atoms. The molecule has 0 atom stereocenters. The van der Waals surface area contributed by atoms with E-state index in [0.29, 0.717) is 11.6 Å². The molecule has 0 saturated carbocycles. The molecule has 0 aliphatic rings. The summed E-state index contributed by atoms with van der Waals surface area (Å²) >= 11 is 3.25. The number of benzene rings is 1. The average molecular weight is 364 g/mol. The van der Waals surface area contributed by atoms with Gasteiger partial charge in [-0.1, -0.05) is 18.2 Å². The van der Waals surface area contributed by atoms with Crippen LogP contribution in [0.3, 0.4) is 0 Å². The highest BCUT2D eigenvalue weighted by molar-refractivity contribution is 9.10. The van der Waals surface area contributed by atoms with Gasteiger partial charge in [-0.15, -0.1) is 0 Å². The maximum Gasteiger partial charge on any atom is 0.258 e. The molecule has 0 radical (unpaired) electrons. The number of nitrogens with zero attached hydrogens (tertiary/aromatic N) is 1. The molecule has 22 heavy (non-hydrogen) atoms. The number of aromatic nitrogens is 1. The monoisotopic (exact) mass is 363 g/mol. The lowest BCUT2D eigenvalue weighted by Gasteiger charge is -2.08. The van der Waals surface area contributed by atoms with Crippen LogP contribution in [-0.4, -0.2) is 29.9 Å². The molecule has 0 saturated heterocycles. The van der Waals surface area contributed by atoms with Crippen molar-refractivity contribution in [2.24, 2.45) is 0 Å². The summed E-state index contributed by atoms with van der Waals surface area (Å²) in [5.74, 6) is 0.287. The van der Waals surface area contributed by atoms with E-state index in [4.69, 9.17) is 4.74 Å². The van der Waals surface area contributed by atoms with Gasteiger partial charge in [0.25, 0.3) is 5.91 Å². The fourth-order valence-electron chi connectivity index (χ4n) is 1.53. The Morgan fingerprint density at radius 1 is 1.09 bits per heavy atom. The van der Waals surface area contributed by atoms with Crippen LogP contribution in [0.4, 0.5) is 5.82 Å². The number of rotatable bonds is 6. The van der Waals surface area contributed by atoms with Gasteiger partial charge in [0.15, 0.2) is 6.61 Å². The van der Waals surface area contributed by atoms with Crippen molar-refractivity contribution in [1.29, 1.82) is 0 Å². The standard InChI is InChI=1S/C15H14BrN3O3/c16-11-6-7-13(17-8-11)19-14(20)9-18-15(21)10-22-12-4-2-1-3-5-12/h1-8H,9-10H2,(H,18,21)(H,17,19,20). The summed E-state index contributed by atoms with van der Waals surface area (Å²) in [6, 6.07) is 12.4. The molecular formula is C15H14BrN3O3. The third-order valence-electron chi connectivity index (χ3n) is 2.55. The molecule has 1 aromatic heterocycles. The Kier molecular flexibility index (Phi) is 5.91. The first kappa shape index (κ1) is 16.0. The van der Waals surface area contributed by atoms with Crippen LogP contribution >= 0.6 is 15.9 Å². The molecule has 1 heterocycles. The van der Waals surface area contributed by atoms with Crippen molar-refractivity contribution in [3.05, 3.63) is 53.1 Å². The van der Waals surface area contributed by atoms with E-state index in [9.17, 15) is 9.59 Å². The van der Waals surface area contributed by atoms with E-state index in [2.05, 4.69) is 31.5 Å². The van der Waals surface area contributed by atoms with Gasteiger partial charge >= 0.3 is 0 Å². The van der Waals surface area contributed by atoms with E-state index in [1.165, 1.54) is 0 Å². The molecule has 2 rings (SSSR count). The Balaban J connectivity index is 1.69.